The summed E-state index contributed by atoms with van der Waals surface area (Å²) < 4.78 is 34.5. The second-order valence-electron chi connectivity index (χ2n) is 6.16. The monoisotopic (exact) mass is 366 g/mol. The Morgan fingerprint density at radius 2 is 2.04 bits per heavy atom. The van der Waals surface area contributed by atoms with Crippen LogP contribution in [0, 0.1) is 0 Å². The topological polar surface area (TPSA) is 66.9 Å². The van der Waals surface area contributed by atoms with Crippen LogP contribution in [0.3, 0.4) is 0 Å². The smallest absolute Gasteiger partial charge is 0.252 e. The Morgan fingerprint density at radius 3 is 2.83 bits per heavy atom. The molecule has 2 atom stereocenters. The van der Waals surface area contributed by atoms with Crippen molar-refractivity contribution in [3.8, 4) is 0 Å². The Labute approximate surface area is 144 Å². The molecule has 0 bridgehead atoms. The lowest BCUT2D eigenvalue weighted by Crippen LogP contribution is -2.42. The summed E-state index contributed by atoms with van der Waals surface area (Å²) in [5.74, 6) is 0.00334. The number of thiophene rings is 1. The van der Waals surface area contributed by atoms with Crippen LogP contribution in [0.5, 0.6) is 0 Å². The molecule has 2 aliphatic heterocycles. The van der Waals surface area contributed by atoms with Crippen LogP contribution in [0.1, 0.15) is 6.42 Å². The number of amides is 1. The van der Waals surface area contributed by atoms with E-state index in [0.717, 1.165) is 10.1 Å². The van der Waals surface area contributed by atoms with Gasteiger partial charge >= 0.3 is 0 Å². The first kappa shape index (κ1) is 16.0. The lowest BCUT2D eigenvalue weighted by Gasteiger charge is -2.25. The van der Waals surface area contributed by atoms with Crippen molar-refractivity contribution in [3.63, 3.8) is 0 Å². The van der Waals surface area contributed by atoms with Gasteiger partial charge in [0.1, 0.15) is 4.21 Å². The highest BCUT2D eigenvalue weighted by Gasteiger charge is 2.44. The van der Waals surface area contributed by atoms with E-state index in [1.54, 1.807) is 18.0 Å². The van der Waals surface area contributed by atoms with Crippen molar-refractivity contribution < 1.29 is 17.9 Å². The minimum Gasteiger partial charge on any atom is -0.374 e. The summed E-state index contributed by atoms with van der Waals surface area (Å²) in [4.78, 5) is 13.6. The minimum atomic E-state index is -3.58. The fraction of sp³-hybridized carbons (Fsp3) is 0.438. The third-order valence-electron chi connectivity index (χ3n) is 4.74. The van der Waals surface area contributed by atoms with Gasteiger partial charge in [0.25, 0.3) is 10.0 Å². The molecule has 0 spiro atoms. The molecule has 6 nitrogen and oxygen atoms in total. The third kappa shape index (κ3) is 2.54. The van der Waals surface area contributed by atoms with Crippen LogP contribution in [0.15, 0.2) is 34.5 Å². The summed E-state index contributed by atoms with van der Waals surface area (Å²) in [6.07, 6.45) is 0.0950. The van der Waals surface area contributed by atoms with E-state index in [9.17, 15) is 13.2 Å². The van der Waals surface area contributed by atoms with E-state index in [4.69, 9.17) is 4.74 Å². The van der Waals surface area contributed by atoms with Gasteiger partial charge in [-0.2, -0.15) is 4.31 Å². The van der Waals surface area contributed by atoms with E-state index >= 15 is 0 Å². The lowest BCUT2D eigenvalue weighted by atomic mass is 10.2. The second kappa shape index (κ2) is 5.80. The molecule has 128 valence electrons. The van der Waals surface area contributed by atoms with Gasteiger partial charge in [0.15, 0.2) is 0 Å². The van der Waals surface area contributed by atoms with E-state index in [2.05, 4.69) is 0 Å². The maximum Gasteiger partial charge on any atom is 0.252 e. The predicted octanol–water partition coefficient (Wildman–Crippen LogP) is 1.52. The first-order chi connectivity index (χ1) is 11.5. The highest BCUT2D eigenvalue weighted by molar-refractivity contribution is 7.91. The maximum atomic E-state index is 13.0. The molecule has 1 aromatic carbocycles. The van der Waals surface area contributed by atoms with Gasteiger partial charge in [-0.15, -0.1) is 11.3 Å². The van der Waals surface area contributed by atoms with Gasteiger partial charge in [-0.25, -0.2) is 8.42 Å². The largest absolute Gasteiger partial charge is 0.374 e. The number of carbonyl (C=O) groups excluding carboxylic acids is 1. The molecule has 1 amide bonds. The summed E-state index contributed by atoms with van der Waals surface area (Å²) in [6.45, 7) is 0.920. The summed E-state index contributed by atoms with van der Waals surface area (Å²) in [5.41, 5.74) is 0. The van der Waals surface area contributed by atoms with E-state index in [1.807, 2.05) is 24.3 Å². The summed E-state index contributed by atoms with van der Waals surface area (Å²) >= 11 is 1.28. The quantitative estimate of drug-likeness (QED) is 0.808. The zero-order valence-corrected chi connectivity index (χ0v) is 14.8. The Bertz CT molecular complexity index is 859. The number of hydrogen-bond donors (Lipinski definition) is 0. The normalized spacial score (nSPS) is 25.9. The van der Waals surface area contributed by atoms with Crippen LogP contribution in [0.2, 0.25) is 0 Å². The molecule has 1 aromatic heterocycles. The molecule has 2 aliphatic rings. The molecule has 4 rings (SSSR count). The predicted molar refractivity (Wildman–Crippen MR) is 91.5 cm³/mol. The number of ether oxygens (including phenoxy) is 1. The second-order valence-corrected chi connectivity index (χ2v) is 9.41. The van der Waals surface area contributed by atoms with Crippen LogP contribution in [0.4, 0.5) is 0 Å². The van der Waals surface area contributed by atoms with Crippen LogP contribution in [-0.2, 0) is 19.6 Å². The van der Waals surface area contributed by atoms with E-state index < -0.39 is 10.0 Å². The van der Waals surface area contributed by atoms with Gasteiger partial charge in [0, 0.05) is 24.8 Å². The molecule has 2 fully saturated rings. The standard InChI is InChI=1S/C16H18N2O4S2/c1-17-12-9-18(10-13(12)22-7-6-15(17)19)24(20,21)16-8-11-4-2-3-5-14(11)23-16/h2-5,8,12-13H,6-7,9-10H2,1H3/t12-,13-/m0/s1. The average molecular weight is 366 g/mol. The molecule has 8 heteroatoms. The van der Waals surface area contributed by atoms with Crippen molar-refractivity contribution in [1.29, 1.82) is 0 Å². The van der Waals surface area contributed by atoms with E-state index in [-0.39, 0.29) is 24.6 Å². The zero-order valence-electron chi connectivity index (χ0n) is 13.2. The molecule has 2 aromatic rings. The number of sulfonamides is 1. The van der Waals surface area contributed by atoms with Crippen LogP contribution >= 0.6 is 11.3 Å². The fourth-order valence-electron chi connectivity index (χ4n) is 3.33. The molecule has 0 saturated carbocycles. The number of rotatable bonds is 2. The Hall–Kier alpha value is -1.48. The lowest BCUT2D eigenvalue weighted by molar-refractivity contribution is -0.130. The Balaban J connectivity index is 1.65. The van der Waals surface area contributed by atoms with Crippen molar-refractivity contribution in [1.82, 2.24) is 9.21 Å². The van der Waals surface area contributed by atoms with Gasteiger partial charge < -0.3 is 9.64 Å². The maximum absolute atomic E-state index is 13.0. The van der Waals surface area contributed by atoms with Crippen molar-refractivity contribution >= 4 is 37.4 Å². The average Bonchev–Trinajstić information content (AvgIpc) is 3.16. The number of fused-ring (bicyclic) bond motifs is 2. The van der Waals surface area contributed by atoms with Gasteiger partial charge in [-0.1, -0.05) is 18.2 Å². The fourth-order valence-corrected chi connectivity index (χ4v) is 6.35. The molecule has 0 radical (unpaired) electrons. The first-order valence-corrected chi connectivity index (χ1v) is 10.1. The number of hydrogen-bond acceptors (Lipinski definition) is 5. The molecular weight excluding hydrogens is 348 g/mol. The molecule has 3 heterocycles. The first-order valence-electron chi connectivity index (χ1n) is 7.83. The van der Waals surface area contributed by atoms with Crippen LogP contribution < -0.4 is 0 Å². The third-order valence-corrected chi connectivity index (χ3v) is 8.14. The SMILES string of the molecule is CN1C(=O)CCO[C@H]2CN(S(=O)(=O)c3cc4ccccc4s3)C[C@@H]21. The molecule has 0 unspecified atom stereocenters. The Morgan fingerprint density at radius 1 is 1.25 bits per heavy atom. The number of likely N-dealkylation sites (N-methyl/N-ethyl adjacent to an activating group) is 1. The minimum absolute atomic E-state index is 0.00334. The van der Waals surface area contributed by atoms with E-state index in [0.29, 0.717) is 23.8 Å². The van der Waals surface area contributed by atoms with Gasteiger partial charge in [0.05, 0.1) is 25.2 Å². The molecule has 0 aliphatic carbocycles. The van der Waals surface area contributed by atoms with Crippen molar-refractivity contribution in [2.75, 3.05) is 26.7 Å². The number of benzene rings is 1. The summed E-state index contributed by atoms with van der Waals surface area (Å²) in [6, 6.07) is 9.13. The molecular formula is C16H18N2O4S2. The van der Waals surface area contributed by atoms with Crippen LogP contribution in [-0.4, -0.2) is 62.4 Å². The van der Waals surface area contributed by atoms with Crippen molar-refractivity contribution in [2.24, 2.45) is 0 Å². The summed E-state index contributed by atoms with van der Waals surface area (Å²) in [7, 11) is -1.85. The molecule has 0 N–H and O–H groups in total. The highest BCUT2D eigenvalue weighted by atomic mass is 32.2. The van der Waals surface area contributed by atoms with Crippen molar-refractivity contribution in [2.45, 2.75) is 22.8 Å². The van der Waals surface area contributed by atoms with Gasteiger partial charge in [-0.3, -0.25) is 4.79 Å². The van der Waals surface area contributed by atoms with Crippen LogP contribution in [0.25, 0.3) is 10.1 Å². The number of nitrogens with zero attached hydrogens (tertiary/aromatic N) is 2. The molecule has 24 heavy (non-hydrogen) atoms. The van der Waals surface area contributed by atoms with E-state index in [1.165, 1.54) is 15.6 Å². The van der Waals surface area contributed by atoms with Gasteiger partial charge in [0.2, 0.25) is 5.91 Å². The van der Waals surface area contributed by atoms with Crippen molar-refractivity contribution in [3.05, 3.63) is 30.3 Å². The summed E-state index contributed by atoms with van der Waals surface area (Å²) in [5, 5.41) is 0.929. The molecule has 2 saturated heterocycles. The Kier molecular flexibility index (Phi) is 3.87. The number of carbonyl (C=O) groups is 1. The van der Waals surface area contributed by atoms with Gasteiger partial charge in [-0.05, 0) is 17.5 Å². The highest BCUT2D eigenvalue weighted by Crippen LogP contribution is 2.33. The zero-order chi connectivity index (χ0) is 16.9.